The fourth-order valence-electron chi connectivity index (χ4n) is 1.90. The van der Waals surface area contributed by atoms with E-state index in [-0.39, 0.29) is 0 Å². The molecule has 0 fully saturated rings. The molecule has 0 N–H and O–H groups in total. The van der Waals surface area contributed by atoms with Gasteiger partial charge >= 0.3 is 0 Å². The van der Waals surface area contributed by atoms with Crippen LogP contribution >= 0.6 is 0 Å². The summed E-state index contributed by atoms with van der Waals surface area (Å²) in [5.74, 6) is 0.988. The molecule has 1 heterocycles. The van der Waals surface area contributed by atoms with E-state index < -0.39 is 0 Å². The molecule has 0 aliphatic carbocycles. The van der Waals surface area contributed by atoms with Crippen LogP contribution in [0.15, 0.2) is 53.1 Å². The summed E-state index contributed by atoms with van der Waals surface area (Å²) in [4.78, 5) is 2.32. The average Bonchev–Trinajstić information content (AvgIpc) is 2.90. The van der Waals surface area contributed by atoms with Gasteiger partial charge in [-0.15, -0.1) is 0 Å². The van der Waals surface area contributed by atoms with Gasteiger partial charge in [-0.05, 0) is 17.7 Å². The summed E-state index contributed by atoms with van der Waals surface area (Å²) in [6.07, 6.45) is 1.71. The Labute approximate surface area is 108 Å². The number of benzene rings is 1. The van der Waals surface area contributed by atoms with Gasteiger partial charge < -0.3 is 9.15 Å². The highest BCUT2D eigenvalue weighted by Gasteiger charge is 2.08. The van der Waals surface area contributed by atoms with Gasteiger partial charge in [-0.1, -0.05) is 30.3 Å². The Balaban J connectivity index is 1.96. The van der Waals surface area contributed by atoms with Crippen molar-refractivity contribution in [1.82, 2.24) is 4.90 Å². The van der Waals surface area contributed by atoms with Crippen LogP contribution in [0.1, 0.15) is 11.3 Å². The molecule has 0 radical (unpaired) electrons. The highest BCUT2D eigenvalue weighted by Crippen LogP contribution is 2.10. The summed E-state index contributed by atoms with van der Waals surface area (Å²) in [5, 5.41) is 0. The predicted octanol–water partition coefficient (Wildman–Crippen LogP) is 2.93. The Morgan fingerprint density at radius 2 is 1.89 bits per heavy atom. The van der Waals surface area contributed by atoms with Crippen LogP contribution in [0.4, 0.5) is 0 Å². The van der Waals surface area contributed by atoms with Crippen LogP contribution in [-0.2, 0) is 17.8 Å². The highest BCUT2D eigenvalue weighted by molar-refractivity contribution is 5.14. The Hall–Kier alpha value is -1.58. The second-order valence-corrected chi connectivity index (χ2v) is 4.27. The highest BCUT2D eigenvalue weighted by atomic mass is 16.5. The van der Waals surface area contributed by atoms with E-state index in [0.29, 0.717) is 0 Å². The van der Waals surface area contributed by atoms with Gasteiger partial charge in [-0.3, -0.25) is 4.90 Å². The van der Waals surface area contributed by atoms with Gasteiger partial charge in [0.15, 0.2) is 0 Å². The minimum atomic E-state index is 0.730. The minimum Gasteiger partial charge on any atom is -0.468 e. The first-order chi connectivity index (χ1) is 8.88. The topological polar surface area (TPSA) is 25.6 Å². The largest absolute Gasteiger partial charge is 0.468 e. The number of methoxy groups -OCH3 is 1. The molecule has 0 aliphatic heterocycles. The van der Waals surface area contributed by atoms with Crippen LogP contribution in [0.5, 0.6) is 0 Å². The molecule has 0 amide bonds. The van der Waals surface area contributed by atoms with Crippen LogP contribution in [-0.4, -0.2) is 25.2 Å². The molecule has 18 heavy (non-hydrogen) atoms. The lowest BCUT2D eigenvalue weighted by Crippen LogP contribution is -2.26. The molecule has 0 atom stereocenters. The third-order valence-corrected chi connectivity index (χ3v) is 2.82. The van der Waals surface area contributed by atoms with E-state index in [1.54, 1.807) is 13.4 Å². The van der Waals surface area contributed by atoms with Crippen molar-refractivity contribution >= 4 is 0 Å². The molecule has 2 rings (SSSR count). The lowest BCUT2D eigenvalue weighted by molar-refractivity contribution is 0.135. The van der Waals surface area contributed by atoms with Crippen molar-refractivity contribution in [2.45, 2.75) is 13.1 Å². The van der Waals surface area contributed by atoms with Crippen molar-refractivity contribution in [2.24, 2.45) is 0 Å². The number of ether oxygens (including phenoxy) is 1. The molecule has 0 saturated carbocycles. The molecule has 3 nitrogen and oxygen atoms in total. The fraction of sp³-hybridized carbons (Fsp3) is 0.333. The van der Waals surface area contributed by atoms with E-state index in [1.807, 2.05) is 18.2 Å². The van der Waals surface area contributed by atoms with E-state index in [2.05, 4.69) is 29.2 Å². The van der Waals surface area contributed by atoms with E-state index in [1.165, 1.54) is 5.56 Å². The monoisotopic (exact) mass is 245 g/mol. The van der Waals surface area contributed by atoms with E-state index in [0.717, 1.165) is 32.0 Å². The summed E-state index contributed by atoms with van der Waals surface area (Å²) < 4.78 is 10.6. The first-order valence-electron chi connectivity index (χ1n) is 6.16. The molecule has 1 aromatic carbocycles. The maximum Gasteiger partial charge on any atom is 0.117 e. The van der Waals surface area contributed by atoms with Crippen LogP contribution in [0, 0.1) is 0 Å². The van der Waals surface area contributed by atoms with Crippen molar-refractivity contribution in [3.05, 3.63) is 60.1 Å². The third-order valence-electron chi connectivity index (χ3n) is 2.82. The Bertz CT molecular complexity index is 425. The summed E-state index contributed by atoms with van der Waals surface area (Å²) in [6, 6.07) is 14.4. The number of rotatable bonds is 7. The fourth-order valence-corrected chi connectivity index (χ4v) is 1.90. The van der Waals surface area contributed by atoms with Gasteiger partial charge in [-0.2, -0.15) is 0 Å². The van der Waals surface area contributed by atoms with Gasteiger partial charge in [0.1, 0.15) is 5.76 Å². The van der Waals surface area contributed by atoms with Crippen LogP contribution < -0.4 is 0 Å². The number of hydrogen-bond acceptors (Lipinski definition) is 3. The summed E-state index contributed by atoms with van der Waals surface area (Å²) in [7, 11) is 1.73. The molecular formula is C15H19NO2. The third kappa shape index (κ3) is 4.02. The summed E-state index contributed by atoms with van der Waals surface area (Å²) in [5.41, 5.74) is 1.31. The van der Waals surface area contributed by atoms with Crippen LogP contribution in [0.3, 0.4) is 0 Å². The molecule has 0 unspecified atom stereocenters. The van der Waals surface area contributed by atoms with Gasteiger partial charge in [0.2, 0.25) is 0 Å². The van der Waals surface area contributed by atoms with Crippen LogP contribution in [0.25, 0.3) is 0 Å². The molecule has 2 aromatic rings. The molecule has 0 spiro atoms. The molecule has 0 saturated heterocycles. The lowest BCUT2D eigenvalue weighted by Gasteiger charge is -2.20. The van der Waals surface area contributed by atoms with Gasteiger partial charge in [0.05, 0.1) is 19.4 Å². The minimum absolute atomic E-state index is 0.730. The second kappa shape index (κ2) is 6.99. The zero-order valence-electron chi connectivity index (χ0n) is 10.7. The normalized spacial score (nSPS) is 11.0. The number of hydrogen-bond donors (Lipinski definition) is 0. The smallest absolute Gasteiger partial charge is 0.117 e. The van der Waals surface area contributed by atoms with Crippen molar-refractivity contribution in [3.63, 3.8) is 0 Å². The molecule has 3 heteroatoms. The van der Waals surface area contributed by atoms with E-state index in [4.69, 9.17) is 9.15 Å². The Morgan fingerprint density at radius 3 is 2.56 bits per heavy atom. The number of furan rings is 1. The quantitative estimate of drug-likeness (QED) is 0.750. The molecule has 96 valence electrons. The maximum absolute atomic E-state index is 5.40. The maximum atomic E-state index is 5.40. The zero-order chi connectivity index (χ0) is 12.6. The molecule has 1 aromatic heterocycles. The van der Waals surface area contributed by atoms with E-state index >= 15 is 0 Å². The standard InChI is InChI=1S/C15H19NO2/c1-17-11-9-16(13-15-8-5-10-18-15)12-14-6-3-2-4-7-14/h2-8,10H,9,11-13H2,1H3. The lowest BCUT2D eigenvalue weighted by atomic mass is 10.2. The second-order valence-electron chi connectivity index (χ2n) is 4.27. The first kappa shape index (κ1) is 12.9. The molecule has 0 aliphatic rings. The van der Waals surface area contributed by atoms with Crippen molar-refractivity contribution < 1.29 is 9.15 Å². The van der Waals surface area contributed by atoms with Crippen molar-refractivity contribution in [2.75, 3.05) is 20.3 Å². The molecular weight excluding hydrogens is 226 g/mol. The summed E-state index contributed by atoms with van der Waals surface area (Å²) in [6.45, 7) is 3.34. The first-order valence-corrected chi connectivity index (χ1v) is 6.16. The SMILES string of the molecule is COCCN(Cc1ccccc1)Cc1ccco1. The van der Waals surface area contributed by atoms with Crippen LogP contribution in [0.2, 0.25) is 0 Å². The van der Waals surface area contributed by atoms with E-state index in [9.17, 15) is 0 Å². The van der Waals surface area contributed by atoms with Gasteiger partial charge in [0.25, 0.3) is 0 Å². The molecule has 0 bridgehead atoms. The van der Waals surface area contributed by atoms with Crippen molar-refractivity contribution in [1.29, 1.82) is 0 Å². The number of nitrogens with zero attached hydrogens (tertiary/aromatic N) is 1. The van der Waals surface area contributed by atoms with Gasteiger partial charge in [-0.25, -0.2) is 0 Å². The van der Waals surface area contributed by atoms with Gasteiger partial charge in [0, 0.05) is 20.2 Å². The van der Waals surface area contributed by atoms with Crippen molar-refractivity contribution in [3.8, 4) is 0 Å². The zero-order valence-corrected chi connectivity index (χ0v) is 10.7. The Kier molecular flexibility index (Phi) is 5.00. The average molecular weight is 245 g/mol. The Morgan fingerprint density at radius 1 is 1.06 bits per heavy atom. The predicted molar refractivity (Wildman–Crippen MR) is 71.1 cm³/mol. The summed E-state index contributed by atoms with van der Waals surface area (Å²) >= 11 is 0.